The van der Waals surface area contributed by atoms with E-state index < -0.39 is 0 Å². The average Bonchev–Trinajstić information content (AvgIpc) is 3.00. The smallest absolute Gasteiger partial charge is 0.306 e. The third-order valence-electron chi connectivity index (χ3n) is 9.76. The number of ketones is 1. The topological polar surface area (TPSA) is 72.9 Å². The monoisotopic (exact) mass is 620 g/mol. The predicted octanol–water partition coefficient (Wildman–Crippen LogP) is 9.90. The van der Waals surface area contributed by atoms with Crippen LogP contribution in [0.25, 0.3) is 0 Å². The highest BCUT2D eigenvalue weighted by Crippen LogP contribution is 2.25. The van der Waals surface area contributed by atoms with Gasteiger partial charge in [0.05, 0.1) is 0 Å². The molecule has 0 saturated heterocycles. The molecule has 2 rings (SSSR count). The lowest BCUT2D eigenvalue weighted by Gasteiger charge is -2.21. The Hall–Kier alpha value is -1.43. The summed E-state index contributed by atoms with van der Waals surface area (Å²) in [7, 11) is 4.14. The van der Waals surface area contributed by atoms with Crippen LogP contribution in [0.15, 0.2) is 0 Å². The molecule has 0 unspecified atom stereocenters. The van der Waals surface area contributed by atoms with Gasteiger partial charge in [0.2, 0.25) is 0 Å². The largest absolute Gasteiger partial charge is 0.462 e. The van der Waals surface area contributed by atoms with Gasteiger partial charge in [0, 0.05) is 25.7 Å². The quantitative estimate of drug-likeness (QED) is 0.0709. The van der Waals surface area contributed by atoms with Crippen LogP contribution in [-0.2, 0) is 23.9 Å². The van der Waals surface area contributed by atoms with Gasteiger partial charge in [0.1, 0.15) is 18.0 Å². The average molecular weight is 620 g/mol. The van der Waals surface area contributed by atoms with E-state index in [-0.39, 0.29) is 24.1 Å². The Morgan fingerprint density at radius 3 is 1.39 bits per heavy atom. The number of rotatable bonds is 26. The highest BCUT2D eigenvalue weighted by Gasteiger charge is 2.18. The van der Waals surface area contributed by atoms with Crippen molar-refractivity contribution in [2.75, 3.05) is 20.6 Å². The van der Waals surface area contributed by atoms with Gasteiger partial charge < -0.3 is 14.4 Å². The molecule has 44 heavy (non-hydrogen) atoms. The minimum atomic E-state index is 0.00422. The molecule has 0 N–H and O–H groups in total. The Bertz CT molecular complexity index is 694. The highest BCUT2D eigenvalue weighted by molar-refractivity contribution is 5.78. The summed E-state index contributed by atoms with van der Waals surface area (Å²) in [6.07, 6.45) is 31.6. The van der Waals surface area contributed by atoms with Gasteiger partial charge in [-0.3, -0.25) is 14.4 Å². The Labute approximate surface area is 271 Å². The molecule has 0 spiro atoms. The molecule has 6 nitrogen and oxygen atoms in total. The van der Waals surface area contributed by atoms with Crippen molar-refractivity contribution in [3.8, 4) is 0 Å². The molecule has 0 aromatic rings. The summed E-state index contributed by atoms with van der Waals surface area (Å²) in [5.41, 5.74) is 0. The normalized spacial score (nSPS) is 16.5. The van der Waals surface area contributed by atoms with E-state index in [0.717, 1.165) is 83.6 Å². The van der Waals surface area contributed by atoms with Crippen molar-refractivity contribution >= 4 is 17.7 Å². The molecule has 6 heteroatoms. The van der Waals surface area contributed by atoms with Crippen molar-refractivity contribution in [2.24, 2.45) is 5.92 Å². The first-order chi connectivity index (χ1) is 21.4. The lowest BCUT2D eigenvalue weighted by Crippen LogP contribution is -2.20. The Balaban J connectivity index is 1.52. The van der Waals surface area contributed by atoms with Crippen LogP contribution in [0, 0.1) is 5.92 Å². The second-order valence-electron chi connectivity index (χ2n) is 14.3. The highest BCUT2D eigenvalue weighted by atomic mass is 16.5. The van der Waals surface area contributed by atoms with Crippen molar-refractivity contribution < 1.29 is 23.9 Å². The second kappa shape index (κ2) is 25.7. The van der Waals surface area contributed by atoms with E-state index in [0.29, 0.717) is 31.0 Å². The summed E-state index contributed by atoms with van der Waals surface area (Å²) in [4.78, 5) is 39.1. The number of carbonyl (C=O) groups excluding carboxylic acids is 3. The summed E-state index contributed by atoms with van der Waals surface area (Å²) in [5, 5.41) is 0. The summed E-state index contributed by atoms with van der Waals surface area (Å²) in [6.45, 7) is 0.979. The molecular formula is C38H69NO5. The molecule has 2 fully saturated rings. The maximum absolute atomic E-state index is 12.7. The zero-order chi connectivity index (χ0) is 31.7. The molecule has 2 aliphatic rings. The maximum atomic E-state index is 12.7. The van der Waals surface area contributed by atoms with Crippen molar-refractivity contribution in [1.29, 1.82) is 0 Å². The van der Waals surface area contributed by atoms with Crippen molar-refractivity contribution in [3.05, 3.63) is 0 Å². The molecular weight excluding hydrogens is 550 g/mol. The van der Waals surface area contributed by atoms with Crippen LogP contribution in [0.3, 0.4) is 0 Å². The molecule has 0 aromatic carbocycles. The SMILES string of the molecule is CN(C)CCCC(=O)CC(CCCCCCCCC(=O)OC1CCCCC1)CCCCCCCCC(=O)OC1CCCCC1. The second-order valence-corrected chi connectivity index (χ2v) is 14.3. The van der Waals surface area contributed by atoms with Gasteiger partial charge in [-0.25, -0.2) is 0 Å². The Morgan fingerprint density at radius 2 is 0.955 bits per heavy atom. The first-order valence-electron chi connectivity index (χ1n) is 19.0. The van der Waals surface area contributed by atoms with E-state index in [4.69, 9.17) is 9.47 Å². The first kappa shape index (κ1) is 38.8. The fraction of sp³-hybridized carbons (Fsp3) is 0.921. The number of hydrogen-bond donors (Lipinski definition) is 0. The van der Waals surface area contributed by atoms with Crippen LogP contribution in [0.1, 0.15) is 186 Å². The van der Waals surface area contributed by atoms with E-state index in [1.807, 2.05) is 0 Å². The van der Waals surface area contributed by atoms with Gasteiger partial charge in [-0.05, 0) is 97.2 Å². The standard InChI is InChI=1S/C38H69NO5/c1-39(2)31-21-24-34(40)32-33(22-13-7-3-5-9-19-29-37(41)43-35-25-15-11-16-26-35)23-14-8-4-6-10-20-30-38(42)44-36-27-17-12-18-28-36/h33,35-36H,3-32H2,1-2H3. The number of carbonyl (C=O) groups is 3. The van der Waals surface area contributed by atoms with E-state index in [9.17, 15) is 14.4 Å². The number of esters is 2. The zero-order valence-electron chi connectivity index (χ0n) is 28.9. The summed E-state index contributed by atoms with van der Waals surface area (Å²) >= 11 is 0. The molecule has 0 bridgehead atoms. The fourth-order valence-corrected chi connectivity index (χ4v) is 7.04. The Morgan fingerprint density at radius 1 is 0.545 bits per heavy atom. The van der Waals surface area contributed by atoms with Gasteiger partial charge in [0.25, 0.3) is 0 Å². The first-order valence-corrected chi connectivity index (χ1v) is 19.0. The maximum Gasteiger partial charge on any atom is 0.306 e. The van der Waals surface area contributed by atoms with Crippen molar-refractivity contribution in [1.82, 2.24) is 4.90 Å². The van der Waals surface area contributed by atoms with Gasteiger partial charge in [-0.1, -0.05) is 89.9 Å². The molecule has 0 atom stereocenters. The summed E-state index contributed by atoms with van der Waals surface area (Å²) in [6, 6.07) is 0. The minimum Gasteiger partial charge on any atom is -0.462 e. The van der Waals surface area contributed by atoms with E-state index >= 15 is 0 Å². The number of Topliss-reactive ketones (excluding diaryl/α,β-unsaturated/α-hetero) is 1. The summed E-state index contributed by atoms with van der Waals surface area (Å²) < 4.78 is 11.3. The van der Waals surface area contributed by atoms with Crippen LogP contribution >= 0.6 is 0 Å². The third-order valence-corrected chi connectivity index (χ3v) is 9.76. The Kier molecular flexibility index (Phi) is 22.7. The molecule has 0 amide bonds. The van der Waals surface area contributed by atoms with Gasteiger partial charge >= 0.3 is 11.9 Å². The fourth-order valence-electron chi connectivity index (χ4n) is 7.04. The van der Waals surface area contributed by atoms with E-state index in [2.05, 4.69) is 19.0 Å². The zero-order valence-corrected chi connectivity index (χ0v) is 28.9. The predicted molar refractivity (Wildman–Crippen MR) is 181 cm³/mol. The third kappa shape index (κ3) is 21.3. The molecule has 256 valence electrons. The number of hydrogen-bond acceptors (Lipinski definition) is 6. The van der Waals surface area contributed by atoms with Crippen LogP contribution in [-0.4, -0.2) is 55.5 Å². The van der Waals surface area contributed by atoms with Crippen LogP contribution < -0.4 is 0 Å². The molecule has 0 aromatic heterocycles. The number of unbranched alkanes of at least 4 members (excludes halogenated alkanes) is 10. The van der Waals surface area contributed by atoms with Gasteiger partial charge in [-0.2, -0.15) is 0 Å². The van der Waals surface area contributed by atoms with Crippen LogP contribution in [0.5, 0.6) is 0 Å². The molecule has 0 heterocycles. The summed E-state index contributed by atoms with van der Waals surface area (Å²) in [5.74, 6) is 0.970. The number of nitrogens with zero attached hydrogens (tertiary/aromatic N) is 1. The van der Waals surface area contributed by atoms with Gasteiger partial charge in [0.15, 0.2) is 0 Å². The minimum absolute atomic E-state index is 0.00422. The van der Waals surface area contributed by atoms with Gasteiger partial charge in [-0.15, -0.1) is 0 Å². The van der Waals surface area contributed by atoms with Crippen LogP contribution in [0.4, 0.5) is 0 Å². The van der Waals surface area contributed by atoms with E-state index in [1.54, 1.807) is 0 Å². The number of ether oxygens (including phenoxy) is 2. The van der Waals surface area contributed by atoms with Crippen molar-refractivity contribution in [3.63, 3.8) is 0 Å². The lowest BCUT2D eigenvalue weighted by molar-refractivity contribution is -0.151. The molecule has 2 aliphatic carbocycles. The van der Waals surface area contributed by atoms with E-state index in [1.165, 1.54) is 89.9 Å². The van der Waals surface area contributed by atoms with Crippen LogP contribution in [0.2, 0.25) is 0 Å². The molecule has 0 radical (unpaired) electrons. The molecule has 2 saturated carbocycles. The van der Waals surface area contributed by atoms with Crippen molar-refractivity contribution in [2.45, 2.75) is 198 Å². The molecule has 0 aliphatic heterocycles. The lowest BCUT2D eigenvalue weighted by atomic mass is 9.89.